The summed E-state index contributed by atoms with van der Waals surface area (Å²) < 4.78 is 5.41. The molecule has 2 rings (SSSR count). The molecule has 1 fully saturated rings. The highest BCUT2D eigenvalue weighted by Crippen LogP contribution is 2.23. The lowest BCUT2D eigenvalue weighted by atomic mass is 10.1. The average Bonchev–Trinajstić information content (AvgIpc) is 2.50. The number of nitrogens with zero attached hydrogens (tertiary/aromatic N) is 1. The molecule has 1 aromatic rings. The van der Waals surface area contributed by atoms with Crippen LogP contribution in [0.2, 0.25) is 0 Å². The summed E-state index contributed by atoms with van der Waals surface area (Å²) in [6.45, 7) is 3.59. The number of amides is 1. The molecular weight excluding hydrogens is 250 g/mol. The van der Waals surface area contributed by atoms with Crippen LogP contribution in [0.15, 0.2) is 42.5 Å². The van der Waals surface area contributed by atoms with Gasteiger partial charge in [0.05, 0.1) is 0 Å². The van der Waals surface area contributed by atoms with E-state index in [0.29, 0.717) is 0 Å². The fourth-order valence-electron chi connectivity index (χ4n) is 2.48. The van der Waals surface area contributed by atoms with E-state index in [1.807, 2.05) is 41.3 Å². The van der Waals surface area contributed by atoms with Gasteiger partial charge in [-0.05, 0) is 37.5 Å². The van der Waals surface area contributed by atoms with E-state index in [4.69, 9.17) is 4.74 Å². The number of carbonyl (C=O) groups excluding carboxylic acids is 1. The Hall–Kier alpha value is -1.61. The van der Waals surface area contributed by atoms with Gasteiger partial charge in [-0.3, -0.25) is 4.79 Å². The highest BCUT2D eigenvalue weighted by molar-refractivity contribution is 6.01. The molecule has 1 aromatic carbocycles. The van der Waals surface area contributed by atoms with Crippen molar-refractivity contribution in [1.29, 1.82) is 0 Å². The Kier molecular flexibility index (Phi) is 5.81. The minimum atomic E-state index is 0.0801. The van der Waals surface area contributed by atoms with Crippen LogP contribution in [0.3, 0.4) is 0 Å². The Morgan fingerprint density at radius 2 is 2.00 bits per heavy atom. The first kappa shape index (κ1) is 14.8. The number of carbonyl (C=O) groups is 1. The molecule has 0 aromatic heterocycles. The van der Waals surface area contributed by atoms with Gasteiger partial charge < -0.3 is 9.64 Å². The molecule has 1 heterocycles. The van der Waals surface area contributed by atoms with E-state index in [1.165, 1.54) is 0 Å². The summed E-state index contributed by atoms with van der Waals surface area (Å²) in [6.07, 6.45) is 7.50. The van der Waals surface area contributed by atoms with Crippen LogP contribution >= 0.6 is 0 Å². The van der Waals surface area contributed by atoms with Crippen molar-refractivity contribution in [3.63, 3.8) is 0 Å². The van der Waals surface area contributed by atoms with Crippen LogP contribution in [0.1, 0.15) is 32.6 Å². The van der Waals surface area contributed by atoms with E-state index in [-0.39, 0.29) is 11.9 Å². The van der Waals surface area contributed by atoms with E-state index >= 15 is 0 Å². The second-order valence-electron chi connectivity index (χ2n) is 5.08. The summed E-state index contributed by atoms with van der Waals surface area (Å²) in [6, 6.07) is 10.2. The Labute approximate surface area is 121 Å². The number of hydrogen-bond acceptors (Lipinski definition) is 2. The lowest BCUT2D eigenvalue weighted by Gasteiger charge is -2.33. The molecule has 0 saturated carbocycles. The third-order valence-electron chi connectivity index (χ3n) is 3.54. The normalized spacial score (nSPS) is 16.4. The standard InChI is InChI=1S/C17H23NO2/c1-2-3-5-10-17(19)18(15-8-6-4-7-9-15)16-11-13-20-14-12-16/h4-10,16H,2-3,11-14H2,1H3. The molecule has 0 radical (unpaired) electrons. The van der Waals surface area contributed by atoms with Gasteiger partial charge in [-0.15, -0.1) is 0 Å². The largest absolute Gasteiger partial charge is 0.381 e. The van der Waals surface area contributed by atoms with Crippen molar-refractivity contribution in [2.45, 2.75) is 38.6 Å². The minimum absolute atomic E-state index is 0.0801. The average molecular weight is 273 g/mol. The number of rotatable bonds is 5. The first-order valence-corrected chi connectivity index (χ1v) is 7.45. The molecule has 1 amide bonds. The van der Waals surface area contributed by atoms with Crippen molar-refractivity contribution in [1.82, 2.24) is 0 Å². The maximum absolute atomic E-state index is 12.5. The van der Waals surface area contributed by atoms with Gasteiger partial charge in [-0.25, -0.2) is 0 Å². The number of unbranched alkanes of at least 4 members (excludes halogenated alkanes) is 1. The molecule has 0 aliphatic carbocycles. The lowest BCUT2D eigenvalue weighted by Crippen LogP contribution is -2.43. The van der Waals surface area contributed by atoms with Crippen LogP contribution in [-0.2, 0) is 9.53 Å². The molecular formula is C17H23NO2. The Morgan fingerprint density at radius 1 is 1.30 bits per heavy atom. The molecule has 0 spiro atoms. The third kappa shape index (κ3) is 3.94. The first-order chi connectivity index (χ1) is 9.83. The number of hydrogen-bond donors (Lipinski definition) is 0. The van der Waals surface area contributed by atoms with Gasteiger partial charge in [0, 0.05) is 24.9 Å². The summed E-state index contributed by atoms with van der Waals surface area (Å²) in [4.78, 5) is 14.4. The smallest absolute Gasteiger partial charge is 0.250 e. The molecule has 0 N–H and O–H groups in total. The van der Waals surface area contributed by atoms with Crippen molar-refractivity contribution >= 4 is 11.6 Å². The van der Waals surface area contributed by atoms with Crippen molar-refractivity contribution in [3.05, 3.63) is 42.5 Å². The van der Waals surface area contributed by atoms with Crippen molar-refractivity contribution in [2.75, 3.05) is 18.1 Å². The molecule has 20 heavy (non-hydrogen) atoms. The Balaban J connectivity index is 2.17. The van der Waals surface area contributed by atoms with Crippen molar-refractivity contribution in [3.8, 4) is 0 Å². The minimum Gasteiger partial charge on any atom is -0.381 e. The molecule has 3 nitrogen and oxygen atoms in total. The molecule has 0 atom stereocenters. The second-order valence-corrected chi connectivity index (χ2v) is 5.08. The van der Waals surface area contributed by atoms with E-state index < -0.39 is 0 Å². The quantitative estimate of drug-likeness (QED) is 0.768. The van der Waals surface area contributed by atoms with Crippen LogP contribution in [0.25, 0.3) is 0 Å². The number of ether oxygens (including phenoxy) is 1. The van der Waals surface area contributed by atoms with Gasteiger partial charge >= 0.3 is 0 Å². The van der Waals surface area contributed by atoms with Crippen LogP contribution < -0.4 is 4.90 Å². The first-order valence-electron chi connectivity index (χ1n) is 7.45. The maximum atomic E-state index is 12.5. The van der Waals surface area contributed by atoms with E-state index in [0.717, 1.165) is 44.6 Å². The summed E-state index contributed by atoms with van der Waals surface area (Å²) in [7, 11) is 0. The Morgan fingerprint density at radius 3 is 2.65 bits per heavy atom. The van der Waals surface area contributed by atoms with Crippen LogP contribution in [0.5, 0.6) is 0 Å². The van der Waals surface area contributed by atoms with E-state index in [9.17, 15) is 4.79 Å². The zero-order valence-corrected chi connectivity index (χ0v) is 12.1. The number of benzene rings is 1. The lowest BCUT2D eigenvalue weighted by molar-refractivity contribution is -0.115. The highest BCUT2D eigenvalue weighted by atomic mass is 16.5. The van der Waals surface area contributed by atoms with Crippen LogP contribution in [-0.4, -0.2) is 25.2 Å². The predicted octanol–water partition coefficient (Wildman–Crippen LogP) is 3.55. The van der Waals surface area contributed by atoms with Crippen LogP contribution in [0, 0.1) is 0 Å². The predicted molar refractivity (Wildman–Crippen MR) is 81.8 cm³/mol. The highest BCUT2D eigenvalue weighted by Gasteiger charge is 2.25. The van der Waals surface area contributed by atoms with Gasteiger partial charge in [0.25, 0.3) is 5.91 Å². The fourth-order valence-corrected chi connectivity index (χ4v) is 2.48. The number of allylic oxidation sites excluding steroid dienone is 1. The van der Waals surface area contributed by atoms with Gasteiger partial charge in [0.1, 0.15) is 0 Å². The summed E-state index contributed by atoms with van der Waals surface area (Å²) in [5, 5.41) is 0. The van der Waals surface area contributed by atoms with Crippen molar-refractivity contribution < 1.29 is 9.53 Å². The molecule has 1 saturated heterocycles. The van der Waals surface area contributed by atoms with Gasteiger partial charge in [0.15, 0.2) is 0 Å². The molecule has 0 unspecified atom stereocenters. The van der Waals surface area contributed by atoms with E-state index in [1.54, 1.807) is 6.08 Å². The zero-order valence-electron chi connectivity index (χ0n) is 12.1. The van der Waals surface area contributed by atoms with E-state index in [2.05, 4.69) is 6.92 Å². The fraction of sp³-hybridized carbons (Fsp3) is 0.471. The molecule has 1 aliphatic rings. The second kappa shape index (κ2) is 7.85. The van der Waals surface area contributed by atoms with Gasteiger partial charge in [-0.2, -0.15) is 0 Å². The van der Waals surface area contributed by atoms with Gasteiger partial charge in [-0.1, -0.05) is 37.6 Å². The zero-order chi connectivity index (χ0) is 14.2. The van der Waals surface area contributed by atoms with Crippen molar-refractivity contribution in [2.24, 2.45) is 0 Å². The summed E-state index contributed by atoms with van der Waals surface area (Å²) in [5.74, 6) is 0.0801. The molecule has 1 aliphatic heterocycles. The number of anilines is 1. The Bertz CT molecular complexity index is 436. The van der Waals surface area contributed by atoms with Gasteiger partial charge in [0.2, 0.25) is 0 Å². The third-order valence-corrected chi connectivity index (χ3v) is 3.54. The SMILES string of the molecule is CCCC=CC(=O)N(c1ccccc1)C1CCOCC1. The van der Waals surface area contributed by atoms with Crippen LogP contribution in [0.4, 0.5) is 5.69 Å². The maximum Gasteiger partial charge on any atom is 0.250 e. The molecule has 3 heteroatoms. The molecule has 108 valence electrons. The number of para-hydroxylation sites is 1. The topological polar surface area (TPSA) is 29.5 Å². The summed E-state index contributed by atoms with van der Waals surface area (Å²) in [5.41, 5.74) is 0.977. The monoisotopic (exact) mass is 273 g/mol. The molecule has 0 bridgehead atoms. The summed E-state index contributed by atoms with van der Waals surface area (Å²) >= 11 is 0.